The molecule has 0 unspecified atom stereocenters. The summed E-state index contributed by atoms with van der Waals surface area (Å²) < 4.78 is 2.31. The molecule has 0 aliphatic heterocycles. The van der Waals surface area contributed by atoms with Crippen molar-refractivity contribution < 1.29 is 0 Å². The Morgan fingerprint density at radius 1 is 0.375 bits per heavy atom. The zero-order chi connectivity index (χ0) is 43.0. The molecule has 0 atom stereocenters. The first kappa shape index (κ1) is 38.2. The monoisotopic (exact) mass is 818 g/mol. The lowest BCUT2D eigenvalue weighted by molar-refractivity contribution is 1.13. The smallest absolute Gasteiger partial charge is 0.162 e. The maximum atomic E-state index is 10.9. The molecular formula is C58H38N6. The largest absolute Gasteiger partial charge is 0.308 e. The average Bonchev–Trinajstić information content (AvgIpc) is 3.70. The van der Waals surface area contributed by atoms with E-state index in [0.717, 1.165) is 83.5 Å². The zero-order valence-corrected chi connectivity index (χ0v) is 34.9. The molecule has 0 saturated carbocycles. The van der Waals surface area contributed by atoms with E-state index in [1.54, 1.807) is 0 Å². The first-order chi connectivity index (χ1) is 31.6. The van der Waals surface area contributed by atoms with Gasteiger partial charge in [-0.15, -0.1) is 0 Å². The molecule has 0 bridgehead atoms. The van der Waals surface area contributed by atoms with Crippen LogP contribution < -0.4 is 0 Å². The summed E-state index contributed by atoms with van der Waals surface area (Å²) in [4.78, 5) is 21.2. The predicted octanol–water partition coefficient (Wildman–Crippen LogP) is 14.2. The highest BCUT2D eigenvalue weighted by atomic mass is 15.0. The highest BCUT2D eigenvalue weighted by Crippen LogP contribution is 2.43. The van der Waals surface area contributed by atoms with Gasteiger partial charge in [0, 0.05) is 44.2 Å². The van der Waals surface area contributed by atoms with Crippen molar-refractivity contribution in [3.63, 3.8) is 0 Å². The Balaban J connectivity index is 1.28. The SMILES string of the molecule is Cc1ccc(-c2ccc3c(c2)c2ccccc2n3-c2c(-c3cc(-c4ccccc4)nc(-c4ccccc4)n3)cc(C#N)cc2-c2nc(-c3ccccc3)cc(-c3ccccc3)n2)cc1. The molecule has 0 aliphatic rings. The number of fused-ring (bicyclic) bond motifs is 3. The van der Waals surface area contributed by atoms with Gasteiger partial charge in [-0.25, -0.2) is 19.9 Å². The first-order valence-electron chi connectivity index (χ1n) is 21.3. The van der Waals surface area contributed by atoms with E-state index in [1.165, 1.54) is 5.56 Å². The fraction of sp³-hybridized carbons (Fsp3) is 0.0172. The van der Waals surface area contributed by atoms with Gasteiger partial charge < -0.3 is 4.57 Å². The van der Waals surface area contributed by atoms with E-state index in [2.05, 4.69) is 121 Å². The Hall–Kier alpha value is -8.79. The Morgan fingerprint density at radius 3 is 1.44 bits per heavy atom. The second kappa shape index (κ2) is 16.2. The van der Waals surface area contributed by atoms with Crippen LogP contribution in [0.5, 0.6) is 0 Å². The Bertz CT molecular complexity index is 3280. The molecule has 3 aromatic heterocycles. The van der Waals surface area contributed by atoms with Crippen LogP contribution in [0.2, 0.25) is 0 Å². The van der Waals surface area contributed by atoms with E-state index in [0.29, 0.717) is 28.5 Å². The summed E-state index contributed by atoms with van der Waals surface area (Å²) in [5.41, 5.74) is 14.9. The van der Waals surface area contributed by atoms with Gasteiger partial charge in [-0.05, 0) is 60.5 Å². The number of nitrogens with zero attached hydrogens (tertiary/aromatic N) is 6. The van der Waals surface area contributed by atoms with Crippen molar-refractivity contribution >= 4 is 21.8 Å². The van der Waals surface area contributed by atoms with E-state index in [9.17, 15) is 5.26 Å². The van der Waals surface area contributed by atoms with E-state index in [1.807, 2.05) is 109 Å². The van der Waals surface area contributed by atoms with Gasteiger partial charge in [-0.1, -0.05) is 175 Å². The molecule has 6 heteroatoms. The third kappa shape index (κ3) is 7.07. The summed E-state index contributed by atoms with van der Waals surface area (Å²) in [6.45, 7) is 2.11. The minimum absolute atomic E-state index is 0.451. The molecule has 64 heavy (non-hydrogen) atoms. The third-order valence-electron chi connectivity index (χ3n) is 11.7. The van der Waals surface area contributed by atoms with E-state index >= 15 is 0 Å². The molecule has 11 rings (SSSR count). The topological polar surface area (TPSA) is 80.3 Å². The van der Waals surface area contributed by atoms with Crippen molar-refractivity contribution in [2.45, 2.75) is 6.92 Å². The summed E-state index contributed by atoms with van der Waals surface area (Å²) in [6, 6.07) is 74.9. The van der Waals surface area contributed by atoms with Crippen LogP contribution >= 0.6 is 0 Å². The average molecular weight is 819 g/mol. The molecule has 3 heterocycles. The van der Waals surface area contributed by atoms with Crippen molar-refractivity contribution in [2.75, 3.05) is 0 Å². The van der Waals surface area contributed by atoms with Crippen LogP contribution in [0, 0.1) is 18.3 Å². The molecule has 11 aromatic rings. The lowest BCUT2D eigenvalue weighted by Gasteiger charge is -2.20. The molecular weight excluding hydrogens is 781 g/mol. The quantitative estimate of drug-likeness (QED) is 0.153. The Labute approximate surface area is 371 Å². The number of benzene rings is 8. The molecule has 0 aliphatic carbocycles. The molecule has 0 saturated heterocycles. The molecule has 0 spiro atoms. The molecule has 0 radical (unpaired) electrons. The molecule has 0 N–H and O–H groups in total. The van der Waals surface area contributed by atoms with Gasteiger partial charge in [0.2, 0.25) is 0 Å². The van der Waals surface area contributed by atoms with Crippen molar-refractivity contribution in [1.82, 2.24) is 24.5 Å². The normalized spacial score (nSPS) is 11.2. The van der Waals surface area contributed by atoms with Crippen molar-refractivity contribution in [3.8, 4) is 90.7 Å². The molecule has 6 nitrogen and oxygen atoms in total. The molecule has 300 valence electrons. The molecule has 8 aromatic carbocycles. The maximum absolute atomic E-state index is 10.9. The van der Waals surface area contributed by atoms with Crippen LogP contribution in [0.15, 0.2) is 212 Å². The van der Waals surface area contributed by atoms with Gasteiger partial charge in [0.05, 0.1) is 51.1 Å². The summed E-state index contributed by atoms with van der Waals surface area (Å²) >= 11 is 0. The van der Waals surface area contributed by atoms with Crippen molar-refractivity contribution in [2.24, 2.45) is 0 Å². The number of hydrogen-bond donors (Lipinski definition) is 0. The number of para-hydroxylation sites is 1. The second-order valence-electron chi connectivity index (χ2n) is 15.9. The van der Waals surface area contributed by atoms with Crippen LogP contribution in [0.25, 0.3) is 106 Å². The van der Waals surface area contributed by atoms with Crippen LogP contribution in [-0.2, 0) is 0 Å². The lowest BCUT2D eigenvalue weighted by atomic mass is 9.97. The summed E-state index contributed by atoms with van der Waals surface area (Å²) in [5, 5.41) is 13.1. The second-order valence-corrected chi connectivity index (χ2v) is 15.9. The Kier molecular flexibility index (Phi) is 9.68. The fourth-order valence-electron chi connectivity index (χ4n) is 8.58. The minimum Gasteiger partial charge on any atom is -0.308 e. The van der Waals surface area contributed by atoms with Gasteiger partial charge in [0.25, 0.3) is 0 Å². The van der Waals surface area contributed by atoms with Gasteiger partial charge >= 0.3 is 0 Å². The minimum atomic E-state index is 0.451. The highest BCUT2D eigenvalue weighted by molar-refractivity contribution is 6.11. The lowest BCUT2D eigenvalue weighted by Crippen LogP contribution is -2.06. The van der Waals surface area contributed by atoms with Crippen LogP contribution in [0.1, 0.15) is 11.1 Å². The third-order valence-corrected chi connectivity index (χ3v) is 11.7. The van der Waals surface area contributed by atoms with E-state index in [4.69, 9.17) is 19.9 Å². The fourth-order valence-corrected chi connectivity index (χ4v) is 8.58. The molecule has 0 amide bonds. The number of hydrogen-bond acceptors (Lipinski definition) is 5. The number of aromatic nitrogens is 5. The highest BCUT2D eigenvalue weighted by Gasteiger charge is 2.25. The maximum Gasteiger partial charge on any atom is 0.162 e. The van der Waals surface area contributed by atoms with Crippen LogP contribution in [0.3, 0.4) is 0 Å². The Morgan fingerprint density at radius 2 is 0.844 bits per heavy atom. The summed E-state index contributed by atoms with van der Waals surface area (Å²) in [6.07, 6.45) is 0. The standard InChI is InChI=1S/C58H38N6/c1-38-26-28-40(29-27-38)45-30-31-55-47(34-45)46-24-14-15-25-54(46)64(55)56-48(53-36-52(43-20-10-4-11-21-43)60-57(63-53)44-22-12-5-13-23-44)32-39(37-59)33-49(56)58-61-50(41-16-6-2-7-17-41)35-51(62-58)42-18-8-3-9-19-42/h2-36H,1H3. The van der Waals surface area contributed by atoms with Crippen LogP contribution in [0.4, 0.5) is 0 Å². The van der Waals surface area contributed by atoms with Gasteiger partial charge in [0.1, 0.15) is 0 Å². The van der Waals surface area contributed by atoms with Crippen molar-refractivity contribution in [3.05, 3.63) is 223 Å². The van der Waals surface area contributed by atoms with E-state index < -0.39 is 0 Å². The van der Waals surface area contributed by atoms with Crippen molar-refractivity contribution in [1.29, 1.82) is 5.26 Å². The predicted molar refractivity (Wildman–Crippen MR) is 259 cm³/mol. The summed E-state index contributed by atoms with van der Waals surface area (Å²) in [7, 11) is 0. The van der Waals surface area contributed by atoms with Gasteiger partial charge in [0.15, 0.2) is 11.6 Å². The molecule has 0 fully saturated rings. The number of nitriles is 1. The van der Waals surface area contributed by atoms with Gasteiger partial charge in [-0.3, -0.25) is 0 Å². The van der Waals surface area contributed by atoms with Crippen LogP contribution in [-0.4, -0.2) is 24.5 Å². The first-order valence-corrected chi connectivity index (χ1v) is 21.3. The van der Waals surface area contributed by atoms with E-state index in [-0.39, 0.29) is 0 Å². The summed E-state index contributed by atoms with van der Waals surface area (Å²) in [5.74, 6) is 1.06. The number of rotatable bonds is 8. The zero-order valence-electron chi connectivity index (χ0n) is 34.9. The van der Waals surface area contributed by atoms with Gasteiger partial charge in [-0.2, -0.15) is 5.26 Å². The number of aryl methyl sites for hydroxylation is 1.